The van der Waals surface area contributed by atoms with Crippen LogP contribution in [0.3, 0.4) is 0 Å². The first-order chi connectivity index (χ1) is 17.7. The number of carbonyl (C=O) groups is 1. The van der Waals surface area contributed by atoms with Crippen molar-refractivity contribution in [1.29, 1.82) is 0 Å². The molecule has 0 atom stereocenters. The number of pyridine rings is 1. The highest BCUT2D eigenvalue weighted by molar-refractivity contribution is 7.92. The Kier molecular flexibility index (Phi) is 6.30. The summed E-state index contributed by atoms with van der Waals surface area (Å²) in [5, 5.41) is 5.66. The number of aromatic nitrogens is 3. The topological polar surface area (TPSA) is 107 Å². The van der Waals surface area contributed by atoms with E-state index in [1.807, 2.05) is 36.4 Å². The second kappa shape index (κ2) is 9.58. The third-order valence-electron chi connectivity index (χ3n) is 5.71. The Balaban J connectivity index is 1.51. The van der Waals surface area contributed by atoms with Crippen molar-refractivity contribution >= 4 is 32.5 Å². The molecule has 1 amide bonds. The lowest BCUT2D eigenvalue weighted by Crippen LogP contribution is -2.23. The van der Waals surface area contributed by atoms with Crippen LogP contribution < -0.4 is 5.32 Å². The number of benzene rings is 2. The first-order valence-electron chi connectivity index (χ1n) is 11.1. The van der Waals surface area contributed by atoms with E-state index in [1.165, 1.54) is 16.8 Å². The van der Waals surface area contributed by atoms with Gasteiger partial charge in [0, 0.05) is 37.3 Å². The molecular formula is C26H20F2N4O4S. The summed E-state index contributed by atoms with van der Waals surface area (Å²) in [5.41, 5.74) is 2.67. The number of sulfone groups is 1. The van der Waals surface area contributed by atoms with Gasteiger partial charge in [0.25, 0.3) is 0 Å². The highest BCUT2D eigenvalue weighted by Crippen LogP contribution is 2.31. The molecule has 0 bridgehead atoms. The largest absolute Gasteiger partial charge is 0.360 e. The van der Waals surface area contributed by atoms with Crippen molar-refractivity contribution in [3.05, 3.63) is 96.1 Å². The van der Waals surface area contributed by atoms with Crippen molar-refractivity contribution in [2.75, 3.05) is 11.1 Å². The Morgan fingerprint density at radius 3 is 2.57 bits per heavy atom. The number of hydrogen-bond donors (Lipinski definition) is 1. The summed E-state index contributed by atoms with van der Waals surface area (Å²) < 4.78 is 61.8. The Labute approximate surface area is 210 Å². The number of nitrogens with one attached hydrogen (secondary N) is 1. The Morgan fingerprint density at radius 1 is 1.05 bits per heavy atom. The zero-order valence-electron chi connectivity index (χ0n) is 19.5. The highest BCUT2D eigenvalue weighted by atomic mass is 32.2. The van der Waals surface area contributed by atoms with E-state index < -0.39 is 38.0 Å². The predicted molar refractivity (Wildman–Crippen MR) is 133 cm³/mol. The Hall–Kier alpha value is -4.38. The van der Waals surface area contributed by atoms with Crippen molar-refractivity contribution in [3.63, 3.8) is 0 Å². The molecule has 0 spiro atoms. The number of anilines is 1. The van der Waals surface area contributed by atoms with Crippen molar-refractivity contribution < 1.29 is 26.5 Å². The molecule has 188 valence electrons. The molecule has 0 saturated heterocycles. The quantitative estimate of drug-likeness (QED) is 0.331. The van der Waals surface area contributed by atoms with Crippen LogP contribution in [0.1, 0.15) is 11.3 Å². The molecule has 0 fully saturated rings. The van der Waals surface area contributed by atoms with E-state index in [-0.39, 0.29) is 23.3 Å². The number of amides is 1. The molecule has 0 radical (unpaired) electrons. The molecular weight excluding hydrogens is 502 g/mol. The summed E-state index contributed by atoms with van der Waals surface area (Å²) >= 11 is 0. The number of fused-ring (bicyclic) bond motifs is 1. The van der Waals surface area contributed by atoms with Gasteiger partial charge < -0.3 is 14.4 Å². The first-order valence-corrected chi connectivity index (χ1v) is 12.8. The zero-order chi connectivity index (χ0) is 26.2. The third kappa shape index (κ3) is 5.12. The lowest BCUT2D eigenvalue weighted by Gasteiger charge is -2.08. The fourth-order valence-corrected chi connectivity index (χ4v) is 5.49. The van der Waals surface area contributed by atoms with Gasteiger partial charge in [-0.1, -0.05) is 23.4 Å². The van der Waals surface area contributed by atoms with Crippen LogP contribution in [-0.2, 0) is 21.2 Å². The van der Waals surface area contributed by atoms with Crippen LogP contribution >= 0.6 is 0 Å². The molecule has 0 aliphatic heterocycles. The summed E-state index contributed by atoms with van der Waals surface area (Å²) in [6.07, 6.45) is 4.57. The van der Waals surface area contributed by atoms with E-state index >= 15 is 0 Å². The standard InChI is InChI=1S/C26H20F2N4O4S/c1-16-9-24(31-36-16)30-25(33)15-37(34,35)23-14-32(22-12-20(27)11-21(28)26(22)23)13-17-3-2-4-19(10-17)18-5-7-29-8-6-18/h2-12,14H,13,15H2,1H3,(H,30,31,33). The minimum absolute atomic E-state index is 0.0536. The van der Waals surface area contributed by atoms with Gasteiger partial charge in [0.2, 0.25) is 5.91 Å². The minimum atomic E-state index is -4.32. The normalized spacial score (nSPS) is 11.6. The van der Waals surface area contributed by atoms with E-state index in [0.29, 0.717) is 11.8 Å². The molecule has 0 aliphatic carbocycles. The average molecular weight is 523 g/mol. The number of hydrogen-bond acceptors (Lipinski definition) is 6. The first kappa shape index (κ1) is 24.3. The molecule has 8 nitrogen and oxygen atoms in total. The number of halogens is 2. The molecule has 0 unspecified atom stereocenters. The Bertz CT molecular complexity index is 1730. The monoisotopic (exact) mass is 522 g/mol. The zero-order valence-corrected chi connectivity index (χ0v) is 20.3. The molecule has 5 rings (SSSR count). The van der Waals surface area contributed by atoms with E-state index in [1.54, 1.807) is 19.3 Å². The second-order valence-corrected chi connectivity index (χ2v) is 10.4. The van der Waals surface area contributed by atoms with Gasteiger partial charge in [-0.3, -0.25) is 9.78 Å². The highest BCUT2D eigenvalue weighted by Gasteiger charge is 2.27. The van der Waals surface area contributed by atoms with Crippen LogP contribution in [-0.4, -0.2) is 34.8 Å². The third-order valence-corrected chi connectivity index (χ3v) is 7.33. The van der Waals surface area contributed by atoms with Gasteiger partial charge >= 0.3 is 0 Å². The summed E-state index contributed by atoms with van der Waals surface area (Å²) in [4.78, 5) is 16.0. The molecule has 2 aromatic carbocycles. The summed E-state index contributed by atoms with van der Waals surface area (Å²) in [7, 11) is -4.32. The maximum Gasteiger partial charge on any atom is 0.241 e. The average Bonchev–Trinajstić information content (AvgIpc) is 3.43. The van der Waals surface area contributed by atoms with Crippen LogP contribution in [0, 0.1) is 18.6 Å². The van der Waals surface area contributed by atoms with Crippen LogP contribution in [0.5, 0.6) is 0 Å². The van der Waals surface area contributed by atoms with Crippen molar-refractivity contribution in [3.8, 4) is 11.1 Å². The smallest absolute Gasteiger partial charge is 0.241 e. The molecule has 0 saturated carbocycles. The summed E-state index contributed by atoms with van der Waals surface area (Å²) in [6, 6.07) is 14.3. The van der Waals surface area contributed by atoms with E-state index in [4.69, 9.17) is 4.52 Å². The van der Waals surface area contributed by atoms with Gasteiger partial charge in [-0.05, 0) is 47.9 Å². The SMILES string of the molecule is Cc1cc(NC(=O)CS(=O)(=O)c2cn(Cc3cccc(-c4ccncc4)c3)c3cc(F)cc(F)c23)no1. The van der Waals surface area contributed by atoms with Crippen molar-refractivity contribution in [2.45, 2.75) is 18.4 Å². The maximum absolute atomic E-state index is 14.9. The number of nitrogens with zero attached hydrogens (tertiary/aromatic N) is 3. The van der Waals surface area contributed by atoms with Gasteiger partial charge in [0.05, 0.1) is 15.8 Å². The predicted octanol–water partition coefficient (Wildman–Crippen LogP) is 4.74. The fraction of sp³-hybridized carbons (Fsp3) is 0.115. The number of rotatable bonds is 7. The molecule has 1 N–H and O–H groups in total. The lowest BCUT2D eigenvalue weighted by atomic mass is 10.0. The summed E-state index contributed by atoms with van der Waals surface area (Å²) in [5.74, 6) is -3.24. The van der Waals surface area contributed by atoms with Crippen LogP contribution in [0.2, 0.25) is 0 Å². The van der Waals surface area contributed by atoms with Crippen LogP contribution in [0.4, 0.5) is 14.6 Å². The van der Waals surface area contributed by atoms with Gasteiger partial charge in [0.1, 0.15) is 23.1 Å². The fourth-order valence-electron chi connectivity index (χ4n) is 4.12. The molecule has 37 heavy (non-hydrogen) atoms. The van der Waals surface area contributed by atoms with Gasteiger partial charge in [0.15, 0.2) is 15.7 Å². The van der Waals surface area contributed by atoms with Gasteiger partial charge in [-0.25, -0.2) is 17.2 Å². The molecule has 5 aromatic rings. The molecule has 0 aliphatic rings. The molecule has 3 heterocycles. The molecule has 11 heteroatoms. The summed E-state index contributed by atoms with van der Waals surface area (Å²) in [6.45, 7) is 1.75. The van der Waals surface area contributed by atoms with Gasteiger partial charge in [-0.15, -0.1) is 0 Å². The van der Waals surface area contributed by atoms with Crippen LogP contribution in [0.25, 0.3) is 22.0 Å². The minimum Gasteiger partial charge on any atom is -0.360 e. The van der Waals surface area contributed by atoms with Gasteiger partial charge in [-0.2, -0.15) is 0 Å². The van der Waals surface area contributed by atoms with E-state index in [9.17, 15) is 22.0 Å². The van der Waals surface area contributed by atoms with Crippen LogP contribution in [0.15, 0.2) is 82.6 Å². The second-order valence-electron chi connectivity index (χ2n) is 8.47. The van der Waals surface area contributed by atoms with Crippen molar-refractivity contribution in [2.24, 2.45) is 0 Å². The van der Waals surface area contributed by atoms with E-state index in [0.717, 1.165) is 22.8 Å². The maximum atomic E-state index is 14.9. The number of carbonyl (C=O) groups excluding carboxylic acids is 1. The number of aryl methyl sites for hydroxylation is 1. The van der Waals surface area contributed by atoms with E-state index in [2.05, 4.69) is 15.5 Å². The van der Waals surface area contributed by atoms with Crippen molar-refractivity contribution in [1.82, 2.24) is 14.7 Å². The molecule has 3 aromatic heterocycles. The Morgan fingerprint density at radius 2 is 1.84 bits per heavy atom. The lowest BCUT2D eigenvalue weighted by molar-refractivity contribution is -0.113.